The van der Waals surface area contributed by atoms with Crippen molar-refractivity contribution >= 4 is 35.4 Å². The molecule has 148 valence electrons. The molecule has 0 aromatic heterocycles. The van der Waals surface area contributed by atoms with Crippen molar-refractivity contribution in [2.24, 2.45) is 5.10 Å². The molecule has 8 heteroatoms. The van der Waals surface area contributed by atoms with E-state index in [1.807, 2.05) is 12.1 Å². The Bertz CT molecular complexity index is 968. The SMILES string of the molecule is C=CCNC(=S)N/N=C\c1ccc(OC)c(CN2C(=O)c3ccccc3C2=O)c1. The van der Waals surface area contributed by atoms with E-state index in [0.717, 1.165) is 5.56 Å². The van der Waals surface area contributed by atoms with Gasteiger partial charge in [0.05, 0.1) is 31.0 Å². The molecule has 1 aliphatic rings. The number of hydrogen-bond donors (Lipinski definition) is 2. The fraction of sp³-hybridized carbons (Fsp3) is 0.143. The molecule has 0 atom stereocenters. The molecule has 0 bridgehead atoms. The number of ether oxygens (including phenoxy) is 1. The zero-order chi connectivity index (χ0) is 20.8. The molecule has 29 heavy (non-hydrogen) atoms. The molecule has 0 unspecified atom stereocenters. The van der Waals surface area contributed by atoms with Crippen LogP contribution in [0.3, 0.4) is 0 Å². The highest BCUT2D eigenvalue weighted by molar-refractivity contribution is 7.80. The maximum Gasteiger partial charge on any atom is 0.261 e. The van der Waals surface area contributed by atoms with E-state index in [1.165, 1.54) is 4.90 Å². The summed E-state index contributed by atoms with van der Waals surface area (Å²) in [7, 11) is 1.54. The van der Waals surface area contributed by atoms with Crippen LogP contribution >= 0.6 is 12.2 Å². The number of hydrogen-bond acceptors (Lipinski definition) is 5. The summed E-state index contributed by atoms with van der Waals surface area (Å²) in [6.45, 7) is 4.24. The van der Waals surface area contributed by atoms with Crippen molar-refractivity contribution in [3.05, 3.63) is 77.4 Å². The predicted molar refractivity (Wildman–Crippen MR) is 115 cm³/mol. The lowest BCUT2D eigenvalue weighted by molar-refractivity contribution is 0.0641. The zero-order valence-electron chi connectivity index (χ0n) is 15.8. The summed E-state index contributed by atoms with van der Waals surface area (Å²) in [5.74, 6) is -0.0473. The number of methoxy groups -OCH3 is 1. The van der Waals surface area contributed by atoms with Gasteiger partial charge in [-0.1, -0.05) is 18.2 Å². The summed E-state index contributed by atoms with van der Waals surface area (Å²) in [5.41, 5.74) is 4.99. The number of rotatable bonds is 7. The van der Waals surface area contributed by atoms with Gasteiger partial charge in [-0.25, -0.2) is 0 Å². The Morgan fingerprint density at radius 2 is 1.90 bits per heavy atom. The van der Waals surface area contributed by atoms with Crippen molar-refractivity contribution in [1.29, 1.82) is 0 Å². The van der Waals surface area contributed by atoms with Gasteiger partial charge in [-0.15, -0.1) is 6.58 Å². The van der Waals surface area contributed by atoms with Gasteiger partial charge in [0, 0.05) is 12.1 Å². The molecule has 7 nitrogen and oxygen atoms in total. The number of hydrazone groups is 1. The molecule has 0 spiro atoms. The summed E-state index contributed by atoms with van der Waals surface area (Å²) in [6, 6.07) is 12.2. The van der Waals surface area contributed by atoms with Gasteiger partial charge in [-0.2, -0.15) is 5.10 Å². The standard InChI is InChI=1S/C21H20N4O3S/c1-3-10-22-21(29)24-23-12-14-8-9-18(28-2)15(11-14)13-25-19(26)16-6-4-5-7-17(16)20(25)27/h3-9,11-12H,1,10,13H2,2H3,(H2,22,24,29)/b23-12-. The fourth-order valence-corrected chi connectivity index (χ4v) is 3.06. The second-order valence-corrected chi connectivity index (χ2v) is 6.59. The Kier molecular flexibility index (Phi) is 6.36. The molecule has 1 heterocycles. The molecule has 3 rings (SSSR count). The Labute approximate surface area is 174 Å². The Balaban J connectivity index is 1.76. The first-order valence-electron chi connectivity index (χ1n) is 8.85. The third kappa shape index (κ3) is 4.49. The normalized spacial score (nSPS) is 12.8. The quantitative estimate of drug-likeness (QED) is 0.241. The third-order valence-electron chi connectivity index (χ3n) is 4.30. The molecule has 2 N–H and O–H groups in total. The van der Waals surface area contributed by atoms with Crippen LogP contribution < -0.4 is 15.5 Å². The highest BCUT2D eigenvalue weighted by Crippen LogP contribution is 2.27. The largest absolute Gasteiger partial charge is 0.496 e. The van der Waals surface area contributed by atoms with Crippen LogP contribution in [0.25, 0.3) is 0 Å². The lowest BCUT2D eigenvalue weighted by atomic mass is 10.1. The average molecular weight is 408 g/mol. The maximum atomic E-state index is 12.6. The van der Waals surface area contributed by atoms with E-state index in [4.69, 9.17) is 17.0 Å². The summed E-state index contributed by atoms with van der Waals surface area (Å²) in [6.07, 6.45) is 3.28. The summed E-state index contributed by atoms with van der Waals surface area (Å²) >= 11 is 5.07. The van der Waals surface area contributed by atoms with Crippen LogP contribution in [0.1, 0.15) is 31.8 Å². The monoisotopic (exact) mass is 408 g/mol. The maximum absolute atomic E-state index is 12.6. The van der Waals surface area contributed by atoms with E-state index >= 15 is 0 Å². The Hall–Kier alpha value is -3.52. The van der Waals surface area contributed by atoms with E-state index in [-0.39, 0.29) is 18.4 Å². The molecule has 0 saturated heterocycles. The number of nitrogens with one attached hydrogen (secondary N) is 2. The van der Waals surface area contributed by atoms with Gasteiger partial charge < -0.3 is 10.1 Å². The molecule has 2 aromatic rings. The van der Waals surface area contributed by atoms with Gasteiger partial charge in [0.1, 0.15) is 5.75 Å². The molecule has 2 aromatic carbocycles. The third-order valence-corrected chi connectivity index (χ3v) is 4.53. The van der Waals surface area contributed by atoms with E-state index in [9.17, 15) is 9.59 Å². The number of fused-ring (bicyclic) bond motifs is 1. The summed E-state index contributed by atoms with van der Waals surface area (Å²) in [4.78, 5) is 26.5. The second kappa shape index (κ2) is 9.11. The molecule has 0 saturated carbocycles. The zero-order valence-corrected chi connectivity index (χ0v) is 16.7. The van der Waals surface area contributed by atoms with Crippen LogP contribution in [0.4, 0.5) is 0 Å². The smallest absolute Gasteiger partial charge is 0.261 e. The van der Waals surface area contributed by atoms with Crippen LogP contribution in [0.2, 0.25) is 0 Å². The number of thiocarbonyl (C=S) groups is 1. The van der Waals surface area contributed by atoms with E-state index in [2.05, 4.69) is 22.4 Å². The number of amides is 2. The van der Waals surface area contributed by atoms with Gasteiger partial charge in [0.15, 0.2) is 5.11 Å². The van der Waals surface area contributed by atoms with Crippen LogP contribution in [-0.2, 0) is 6.54 Å². The van der Waals surface area contributed by atoms with E-state index < -0.39 is 0 Å². The number of carbonyl (C=O) groups is 2. The molecule has 0 fully saturated rings. The molecule has 2 amide bonds. The van der Waals surface area contributed by atoms with Crippen molar-refractivity contribution in [2.75, 3.05) is 13.7 Å². The van der Waals surface area contributed by atoms with Crippen molar-refractivity contribution in [1.82, 2.24) is 15.6 Å². The van der Waals surface area contributed by atoms with Crippen molar-refractivity contribution in [2.45, 2.75) is 6.54 Å². The average Bonchev–Trinajstić information content (AvgIpc) is 2.97. The lowest BCUT2D eigenvalue weighted by Gasteiger charge is -2.16. The highest BCUT2D eigenvalue weighted by atomic mass is 32.1. The van der Waals surface area contributed by atoms with Gasteiger partial charge in [0.25, 0.3) is 11.8 Å². The molecular weight excluding hydrogens is 388 g/mol. The van der Waals surface area contributed by atoms with E-state index in [0.29, 0.717) is 34.1 Å². The topological polar surface area (TPSA) is 83.0 Å². The van der Waals surface area contributed by atoms with Crippen LogP contribution in [0.15, 0.2) is 60.2 Å². The molecule has 0 radical (unpaired) electrons. The minimum absolute atomic E-state index is 0.101. The highest BCUT2D eigenvalue weighted by Gasteiger charge is 2.35. The van der Waals surface area contributed by atoms with Gasteiger partial charge in [-0.3, -0.25) is 19.9 Å². The van der Waals surface area contributed by atoms with Crippen LogP contribution in [0.5, 0.6) is 5.75 Å². The second-order valence-electron chi connectivity index (χ2n) is 6.18. The molecule has 1 aliphatic heterocycles. The summed E-state index contributed by atoms with van der Waals surface area (Å²) < 4.78 is 5.40. The van der Waals surface area contributed by atoms with Crippen LogP contribution in [-0.4, -0.2) is 41.7 Å². The van der Waals surface area contributed by atoms with Crippen molar-refractivity contribution < 1.29 is 14.3 Å². The number of benzene rings is 2. The van der Waals surface area contributed by atoms with Gasteiger partial charge in [0.2, 0.25) is 0 Å². The van der Waals surface area contributed by atoms with Crippen LogP contribution in [0, 0.1) is 0 Å². The Morgan fingerprint density at radius 1 is 1.21 bits per heavy atom. The minimum Gasteiger partial charge on any atom is -0.496 e. The minimum atomic E-state index is -0.313. The lowest BCUT2D eigenvalue weighted by Crippen LogP contribution is -2.31. The predicted octanol–water partition coefficient (Wildman–Crippen LogP) is 2.48. The summed E-state index contributed by atoms with van der Waals surface area (Å²) in [5, 5.41) is 7.36. The Morgan fingerprint density at radius 3 is 2.52 bits per heavy atom. The fourth-order valence-electron chi connectivity index (χ4n) is 2.93. The number of nitrogens with zero attached hydrogens (tertiary/aromatic N) is 2. The molecule has 0 aliphatic carbocycles. The number of imide groups is 1. The first-order valence-corrected chi connectivity index (χ1v) is 9.26. The number of carbonyl (C=O) groups excluding carboxylic acids is 2. The van der Waals surface area contributed by atoms with Crippen molar-refractivity contribution in [3.63, 3.8) is 0 Å². The van der Waals surface area contributed by atoms with Gasteiger partial charge in [-0.05, 0) is 48.1 Å². The van der Waals surface area contributed by atoms with Gasteiger partial charge >= 0.3 is 0 Å². The molecular formula is C21H20N4O3S. The first-order chi connectivity index (χ1) is 14.0. The first kappa shape index (κ1) is 20.2. The van der Waals surface area contributed by atoms with E-state index in [1.54, 1.807) is 49.7 Å². The van der Waals surface area contributed by atoms with Crippen molar-refractivity contribution in [3.8, 4) is 5.75 Å².